The molecule has 0 fully saturated rings. The van der Waals surface area contributed by atoms with Gasteiger partial charge in [0.15, 0.2) is 11.6 Å². The number of nitrogens with two attached hydrogens (primary N) is 1. The van der Waals surface area contributed by atoms with Crippen LogP contribution in [-0.4, -0.2) is 4.98 Å². The maximum Gasteiger partial charge on any atom is 0.151 e. The van der Waals surface area contributed by atoms with E-state index in [0.29, 0.717) is 0 Å². The number of hydrogen-bond acceptors (Lipinski definition) is 3. The highest BCUT2D eigenvalue weighted by molar-refractivity contribution is 5.81. The number of para-hydroxylation sites is 1. The van der Waals surface area contributed by atoms with Crippen LogP contribution >= 0.6 is 0 Å². The summed E-state index contributed by atoms with van der Waals surface area (Å²) >= 11 is 0. The first-order chi connectivity index (χ1) is 10.1. The molecule has 0 aliphatic carbocycles. The van der Waals surface area contributed by atoms with Gasteiger partial charge in [-0.25, -0.2) is 8.78 Å². The van der Waals surface area contributed by atoms with Crippen LogP contribution in [0.25, 0.3) is 10.9 Å². The van der Waals surface area contributed by atoms with Gasteiger partial charge in [0.25, 0.3) is 0 Å². The van der Waals surface area contributed by atoms with Gasteiger partial charge in [-0.2, -0.15) is 0 Å². The maximum atomic E-state index is 13.7. The maximum absolute atomic E-state index is 13.7. The third kappa shape index (κ3) is 2.63. The lowest BCUT2D eigenvalue weighted by molar-refractivity contribution is 0.589. The van der Waals surface area contributed by atoms with Crippen LogP contribution in [-0.2, 0) is 6.54 Å². The number of fused-ring (bicyclic) bond motifs is 1. The van der Waals surface area contributed by atoms with Gasteiger partial charge in [-0.05, 0) is 23.8 Å². The average molecular weight is 285 g/mol. The quantitative estimate of drug-likeness (QED) is 0.721. The lowest BCUT2D eigenvalue weighted by Crippen LogP contribution is -2.05. The fourth-order valence-corrected chi connectivity index (χ4v) is 2.26. The van der Waals surface area contributed by atoms with Crippen molar-refractivity contribution < 1.29 is 8.78 Å². The molecule has 3 nitrogen and oxygen atoms in total. The van der Waals surface area contributed by atoms with Crippen LogP contribution in [0.2, 0.25) is 0 Å². The summed E-state index contributed by atoms with van der Waals surface area (Å²) in [6.45, 7) is 0.270. The number of nitrogen functional groups attached to an aromatic ring is 1. The molecule has 3 N–H and O–H groups in total. The third-order valence-electron chi connectivity index (χ3n) is 3.24. The minimum atomic E-state index is -0.708. The van der Waals surface area contributed by atoms with E-state index in [9.17, 15) is 8.78 Å². The number of nitrogens with zero attached hydrogens (tertiary/aromatic N) is 1. The highest BCUT2D eigenvalue weighted by Crippen LogP contribution is 2.23. The molecular weight excluding hydrogens is 272 g/mol. The molecule has 0 saturated heterocycles. The van der Waals surface area contributed by atoms with Crippen LogP contribution in [0.5, 0.6) is 0 Å². The highest BCUT2D eigenvalue weighted by Gasteiger charge is 2.10. The van der Waals surface area contributed by atoms with E-state index in [0.717, 1.165) is 28.6 Å². The van der Waals surface area contributed by atoms with Crippen LogP contribution in [0.15, 0.2) is 48.7 Å². The molecule has 5 heteroatoms. The number of anilines is 2. The Morgan fingerprint density at radius 3 is 2.52 bits per heavy atom. The molecule has 0 spiro atoms. The van der Waals surface area contributed by atoms with E-state index < -0.39 is 11.6 Å². The van der Waals surface area contributed by atoms with E-state index in [1.807, 2.05) is 30.3 Å². The van der Waals surface area contributed by atoms with Gasteiger partial charge < -0.3 is 11.1 Å². The van der Waals surface area contributed by atoms with Gasteiger partial charge in [0, 0.05) is 23.8 Å². The van der Waals surface area contributed by atoms with Crippen molar-refractivity contribution in [2.45, 2.75) is 6.54 Å². The molecule has 0 atom stereocenters. The molecule has 0 radical (unpaired) electrons. The first kappa shape index (κ1) is 13.3. The molecule has 0 aliphatic heterocycles. The number of hydrogen-bond donors (Lipinski definition) is 2. The number of halogens is 2. The fraction of sp³-hybridized carbons (Fsp3) is 0.0625. The van der Waals surface area contributed by atoms with Crippen molar-refractivity contribution >= 4 is 22.3 Å². The molecule has 1 heterocycles. The highest BCUT2D eigenvalue weighted by atomic mass is 19.1. The average Bonchev–Trinajstić information content (AvgIpc) is 2.46. The zero-order valence-electron chi connectivity index (χ0n) is 11.1. The first-order valence-electron chi connectivity index (χ1n) is 6.46. The van der Waals surface area contributed by atoms with Gasteiger partial charge in [0.1, 0.15) is 5.69 Å². The van der Waals surface area contributed by atoms with Crippen molar-refractivity contribution in [3.05, 3.63) is 65.9 Å². The van der Waals surface area contributed by atoms with E-state index in [-0.39, 0.29) is 17.9 Å². The van der Waals surface area contributed by atoms with Crippen molar-refractivity contribution in [1.29, 1.82) is 0 Å². The summed E-state index contributed by atoms with van der Waals surface area (Å²) in [6, 6.07) is 11.7. The van der Waals surface area contributed by atoms with Crippen molar-refractivity contribution in [2.24, 2.45) is 0 Å². The van der Waals surface area contributed by atoms with Crippen LogP contribution in [0.1, 0.15) is 5.56 Å². The third-order valence-corrected chi connectivity index (χ3v) is 3.24. The van der Waals surface area contributed by atoms with Gasteiger partial charge in [0.2, 0.25) is 0 Å². The Labute approximate surface area is 120 Å². The Morgan fingerprint density at radius 1 is 1.05 bits per heavy atom. The molecule has 21 heavy (non-hydrogen) atoms. The van der Waals surface area contributed by atoms with E-state index in [4.69, 9.17) is 5.73 Å². The van der Waals surface area contributed by atoms with Crippen LogP contribution in [0.4, 0.5) is 20.2 Å². The molecule has 0 saturated carbocycles. The molecule has 3 aromatic rings. The molecule has 3 rings (SSSR count). The summed E-state index contributed by atoms with van der Waals surface area (Å²) in [5.74, 6) is -1.42. The number of nitrogens with one attached hydrogen (secondary N) is 1. The van der Waals surface area contributed by atoms with Crippen molar-refractivity contribution in [1.82, 2.24) is 4.98 Å². The Hall–Kier alpha value is -2.69. The summed E-state index contributed by atoms with van der Waals surface area (Å²) in [5, 5.41) is 3.75. The minimum Gasteiger partial charge on any atom is -0.399 e. The second-order valence-corrected chi connectivity index (χ2v) is 4.71. The Balaban J connectivity index is 1.91. The van der Waals surface area contributed by atoms with Crippen molar-refractivity contribution in [3.63, 3.8) is 0 Å². The molecule has 2 aromatic carbocycles. The van der Waals surface area contributed by atoms with Gasteiger partial charge >= 0.3 is 0 Å². The fourth-order valence-electron chi connectivity index (χ4n) is 2.26. The molecule has 1 aromatic heterocycles. The van der Waals surface area contributed by atoms with Crippen molar-refractivity contribution in [2.75, 3.05) is 11.1 Å². The first-order valence-corrected chi connectivity index (χ1v) is 6.46. The molecule has 0 aliphatic rings. The normalized spacial score (nSPS) is 10.8. The summed E-state index contributed by atoms with van der Waals surface area (Å²) in [5.41, 5.74) is 6.94. The van der Waals surface area contributed by atoms with E-state index in [1.54, 1.807) is 6.20 Å². The predicted molar refractivity (Wildman–Crippen MR) is 79.8 cm³/mol. The lowest BCUT2D eigenvalue weighted by Gasteiger charge is -2.11. The number of aromatic nitrogens is 1. The molecular formula is C16H13F2N3. The Bertz CT molecular complexity index is 774. The summed E-state index contributed by atoms with van der Waals surface area (Å²) < 4.78 is 27.5. The SMILES string of the molecule is Nc1cc(F)c(NCc2cccc3cccnc23)c(F)c1. The van der Waals surface area contributed by atoms with E-state index in [1.165, 1.54) is 0 Å². The Kier molecular flexibility index (Phi) is 3.39. The topological polar surface area (TPSA) is 50.9 Å². The summed E-state index contributed by atoms with van der Waals surface area (Å²) in [4.78, 5) is 4.30. The monoisotopic (exact) mass is 285 g/mol. The second-order valence-electron chi connectivity index (χ2n) is 4.71. The van der Waals surface area contributed by atoms with Crippen LogP contribution < -0.4 is 11.1 Å². The van der Waals surface area contributed by atoms with E-state index >= 15 is 0 Å². The lowest BCUT2D eigenvalue weighted by atomic mass is 10.1. The summed E-state index contributed by atoms with van der Waals surface area (Å²) in [7, 11) is 0. The van der Waals surface area contributed by atoms with Gasteiger partial charge in [-0.3, -0.25) is 4.98 Å². The predicted octanol–water partition coefficient (Wildman–Crippen LogP) is 3.71. The van der Waals surface area contributed by atoms with Gasteiger partial charge in [-0.1, -0.05) is 24.3 Å². The molecule has 0 amide bonds. The number of benzene rings is 2. The number of rotatable bonds is 3. The standard InChI is InChI=1S/C16H13F2N3/c17-13-7-12(19)8-14(18)16(13)21-9-11-4-1-3-10-5-2-6-20-15(10)11/h1-8,21H,9,19H2. The van der Waals surface area contributed by atoms with E-state index in [2.05, 4.69) is 10.3 Å². The second kappa shape index (κ2) is 5.36. The minimum absolute atomic E-state index is 0.0578. The molecule has 0 bridgehead atoms. The molecule has 106 valence electrons. The molecule has 0 unspecified atom stereocenters. The Morgan fingerprint density at radius 2 is 1.76 bits per heavy atom. The smallest absolute Gasteiger partial charge is 0.151 e. The summed E-state index contributed by atoms with van der Waals surface area (Å²) in [6.07, 6.45) is 1.69. The van der Waals surface area contributed by atoms with Gasteiger partial charge in [-0.15, -0.1) is 0 Å². The number of pyridine rings is 1. The zero-order valence-corrected chi connectivity index (χ0v) is 11.1. The van der Waals surface area contributed by atoms with Crippen molar-refractivity contribution in [3.8, 4) is 0 Å². The zero-order chi connectivity index (χ0) is 14.8. The van der Waals surface area contributed by atoms with Gasteiger partial charge in [0.05, 0.1) is 5.52 Å². The largest absolute Gasteiger partial charge is 0.399 e. The van der Waals surface area contributed by atoms with Crippen LogP contribution in [0, 0.1) is 11.6 Å². The van der Waals surface area contributed by atoms with Crippen LogP contribution in [0.3, 0.4) is 0 Å².